The van der Waals surface area contributed by atoms with Crippen LogP contribution in [0.4, 0.5) is 5.82 Å². The second kappa shape index (κ2) is 4.57. The van der Waals surface area contributed by atoms with E-state index in [1.165, 1.54) is 19.4 Å². The topological polar surface area (TPSA) is 71.2 Å². The number of carbonyl (C=O) groups excluding carboxylic acids is 1. The second-order valence-electron chi connectivity index (χ2n) is 5.05. The van der Waals surface area contributed by atoms with Gasteiger partial charge in [0.1, 0.15) is 5.82 Å². The smallest absolute Gasteiger partial charge is 0.255 e. The Labute approximate surface area is 106 Å². The minimum absolute atomic E-state index is 0.0978. The summed E-state index contributed by atoms with van der Waals surface area (Å²) in [5.41, 5.74) is 6.20. The maximum Gasteiger partial charge on any atom is 0.255 e. The van der Waals surface area contributed by atoms with Crippen molar-refractivity contribution in [3.05, 3.63) is 23.9 Å². The Morgan fingerprint density at radius 2 is 2.33 bits per heavy atom. The van der Waals surface area contributed by atoms with Gasteiger partial charge < -0.3 is 11.1 Å². The fourth-order valence-corrected chi connectivity index (χ4v) is 3.11. The molecule has 2 aliphatic heterocycles. The second-order valence-corrected chi connectivity index (χ2v) is 5.05. The lowest BCUT2D eigenvalue weighted by Crippen LogP contribution is -2.42. The van der Waals surface area contributed by atoms with Crippen molar-refractivity contribution in [3.8, 4) is 0 Å². The first-order valence-corrected chi connectivity index (χ1v) is 6.51. The summed E-state index contributed by atoms with van der Waals surface area (Å²) >= 11 is 0. The average Bonchev–Trinajstić information content (AvgIpc) is 2.94. The lowest BCUT2D eigenvalue weighted by atomic mass is 10.1. The third kappa shape index (κ3) is 1.95. The van der Waals surface area contributed by atoms with Crippen molar-refractivity contribution < 1.29 is 4.79 Å². The van der Waals surface area contributed by atoms with Crippen molar-refractivity contribution in [2.75, 3.05) is 18.8 Å². The average molecular weight is 246 g/mol. The van der Waals surface area contributed by atoms with Crippen molar-refractivity contribution in [2.24, 2.45) is 0 Å². The Balaban J connectivity index is 1.70. The molecule has 5 nitrogen and oxygen atoms in total. The SMILES string of the molecule is Nc1ncccc1C(=O)NC1CCN2CCCC12. The van der Waals surface area contributed by atoms with E-state index in [2.05, 4.69) is 15.2 Å². The van der Waals surface area contributed by atoms with Gasteiger partial charge >= 0.3 is 0 Å². The van der Waals surface area contributed by atoms with E-state index < -0.39 is 0 Å². The Morgan fingerprint density at radius 3 is 3.17 bits per heavy atom. The van der Waals surface area contributed by atoms with Crippen molar-refractivity contribution >= 4 is 11.7 Å². The highest BCUT2D eigenvalue weighted by Crippen LogP contribution is 2.28. The number of nitrogen functional groups attached to an aromatic ring is 1. The lowest BCUT2D eigenvalue weighted by molar-refractivity contribution is 0.0930. The van der Waals surface area contributed by atoms with Gasteiger partial charge in [-0.2, -0.15) is 0 Å². The molecule has 2 unspecified atom stereocenters. The molecular formula is C13H18N4O. The van der Waals surface area contributed by atoms with Crippen LogP contribution in [-0.2, 0) is 0 Å². The van der Waals surface area contributed by atoms with E-state index in [0.717, 1.165) is 13.0 Å². The molecule has 2 saturated heterocycles. The first-order valence-electron chi connectivity index (χ1n) is 6.51. The third-order valence-electron chi connectivity index (χ3n) is 4.01. The van der Waals surface area contributed by atoms with E-state index >= 15 is 0 Å². The van der Waals surface area contributed by atoms with Gasteiger partial charge in [0, 0.05) is 24.8 Å². The van der Waals surface area contributed by atoms with Crippen LogP contribution in [0, 0.1) is 0 Å². The zero-order chi connectivity index (χ0) is 12.5. The molecule has 0 aliphatic carbocycles. The van der Waals surface area contributed by atoms with Crippen molar-refractivity contribution in [2.45, 2.75) is 31.3 Å². The molecular weight excluding hydrogens is 228 g/mol. The van der Waals surface area contributed by atoms with Gasteiger partial charge in [0.25, 0.3) is 5.91 Å². The number of anilines is 1. The predicted octanol–water partition coefficient (Wildman–Crippen LogP) is 0.630. The molecule has 2 atom stereocenters. The molecule has 5 heteroatoms. The van der Waals surface area contributed by atoms with Gasteiger partial charge in [0.15, 0.2) is 0 Å². The molecule has 96 valence electrons. The predicted molar refractivity (Wildman–Crippen MR) is 69.1 cm³/mol. The summed E-state index contributed by atoms with van der Waals surface area (Å²) in [6, 6.07) is 4.24. The maximum absolute atomic E-state index is 12.2. The molecule has 3 heterocycles. The van der Waals surface area contributed by atoms with E-state index in [4.69, 9.17) is 5.73 Å². The largest absolute Gasteiger partial charge is 0.383 e. The van der Waals surface area contributed by atoms with Crippen LogP contribution in [0.2, 0.25) is 0 Å². The summed E-state index contributed by atoms with van der Waals surface area (Å²) in [4.78, 5) is 18.6. The van der Waals surface area contributed by atoms with Crippen molar-refractivity contribution in [1.29, 1.82) is 0 Å². The van der Waals surface area contributed by atoms with Gasteiger partial charge in [-0.3, -0.25) is 9.69 Å². The molecule has 0 bridgehead atoms. The Hall–Kier alpha value is -1.62. The fraction of sp³-hybridized carbons (Fsp3) is 0.538. The Bertz CT molecular complexity index is 462. The standard InChI is InChI=1S/C13H18N4O/c14-12-9(3-1-6-15-12)13(18)16-10-5-8-17-7-2-4-11(10)17/h1,3,6,10-11H,2,4-5,7-8H2,(H2,14,15)(H,16,18). The summed E-state index contributed by atoms with van der Waals surface area (Å²) < 4.78 is 0. The van der Waals surface area contributed by atoms with E-state index in [1.807, 2.05) is 0 Å². The number of fused-ring (bicyclic) bond motifs is 1. The number of hydrogen-bond acceptors (Lipinski definition) is 4. The monoisotopic (exact) mass is 246 g/mol. The highest BCUT2D eigenvalue weighted by Gasteiger charge is 2.37. The molecule has 2 fully saturated rings. The molecule has 0 spiro atoms. The molecule has 18 heavy (non-hydrogen) atoms. The lowest BCUT2D eigenvalue weighted by Gasteiger charge is -2.21. The summed E-state index contributed by atoms with van der Waals surface area (Å²) in [5, 5.41) is 3.11. The number of carbonyl (C=O) groups is 1. The summed E-state index contributed by atoms with van der Waals surface area (Å²) in [5.74, 6) is 0.204. The van der Waals surface area contributed by atoms with Gasteiger partial charge in [-0.05, 0) is 37.9 Å². The van der Waals surface area contributed by atoms with Crippen LogP contribution in [0.5, 0.6) is 0 Å². The number of nitrogens with two attached hydrogens (primary N) is 1. The molecule has 0 radical (unpaired) electrons. The number of hydrogen-bond donors (Lipinski definition) is 2. The Kier molecular flexibility index (Phi) is 2.91. The summed E-state index contributed by atoms with van der Waals surface area (Å²) in [6.07, 6.45) is 5.07. The van der Waals surface area contributed by atoms with Crippen LogP contribution in [0.15, 0.2) is 18.3 Å². The highest BCUT2D eigenvalue weighted by atomic mass is 16.1. The zero-order valence-corrected chi connectivity index (χ0v) is 10.3. The van der Waals surface area contributed by atoms with Crippen molar-refractivity contribution in [3.63, 3.8) is 0 Å². The molecule has 0 aromatic carbocycles. The summed E-state index contributed by atoms with van der Waals surface area (Å²) in [6.45, 7) is 2.27. The van der Waals surface area contributed by atoms with Crippen molar-refractivity contribution in [1.82, 2.24) is 15.2 Å². The molecule has 1 amide bonds. The van der Waals surface area contributed by atoms with E-state index in [1.54, 1.807) is 18.3 Å². The van der Waals surface area contributed by atoms with Gasteiger partial charge in [-0.15, -0.1) is 0 Å². The quantitative estimate of drug-likeness (QED) is 0.803. The molecule has 2 aliphatic rings. The minimum atomic E-state index is -0.0978. The first-order chi connectivity index (χ1) is 8.75. The maximum atomic E-state index is 12.2. The normalized spacial score (nSPS) is 27.1. The van der Waals surface area contributed by atoms with Crippen LogP contribution in [0.1, 0.15) is 29.6 Å². The molecule has 3 N–H and O–H groups in total. The number of nitrogens with zero attached hydrogens (tertiary/aromatic N) is 2. The first kappa shape index (κ1) is 11.5. The number of pyridine rings is 1. The number of amides is 1. The minimum Gasteiger partial charge on any atom is -0.383 e. The van der Waals surface area contributed by atoms with Crippen LogP contribution < -0.4 is 11.1 Å². The Morgan fingerprint density at radius 1 is 1.44 bits per heavy atom. The van der Waals surface area contributed by atoms with Gasteiger partial charge in [-0.1, -0.05) is 0 Å². The summed E-state index contributed by atoms with van der Waals surface area (Å²) in [7, 11) is 0. The van der Waals surface area contributed by atoms with E-state index in [-0.39, 0.29) is 11.9 Å². The van der Waals surface area contributed by atoms with Gasteiger partial charge in [0.05, 0.1) is 5.56 Å². The van der Waals surface area contributed by atoms with Gasteiger partial charge in [0.2, 0.25) is 0 Å². The number of aromatic nitrogens is 1. The van der Waals surface area contributed by atoms with Crippen LogP contribution in [-0.4, -0.2) is 41.0 Å². The molecule has 1 aromatic rings. The zero-order valence-electron chi connectivity index (χ0n) is 10.3. The third-order valence-corrected chi connectivity index (χ3v) is 4.01. The van der Waals surface area contributed by atoms with E-state index in [0.29, 0.717) is 17.4 Å². The highest BCUT2D eigenvalue weighted by molar-refractivity contribution is 5.98. The van der Waals surface area contributed by atoms with Crippen LogP contribution >= 0.6 is 0 Å². The van der Waals surface area contributed by atoms with E-state index in [9.17, 15) is 4.79 Å². The molecule has 1 aromatic heterocycles. The van der Waals surface area contributed by atoms with Crippen LogP contribution in [0.25, 0.3) is 0 Å². The van der Waals surface area contributed by atoms with Gasteiger partial charge in [-0.25, -0.2) is 4.98 Å². The molecule has 3 rings (SSSR count). The van der Waals surface area contributed by atoms with Crippen LogP contribution in [0.3, 0.4) is 0 Å². The fourth-order valence-electron chi connectivity index (χ4n) is 3.11. The molecule has 0 saturated carbocycles. The number of rotatable bonds is 2. The number of nitrogens with one attached hydrogen (secondary N) is 1.